The average Bonchev–Trinajstić information content (AvgIpc) is 2.30. The van der Waals surface area contributed by atoms with Gasteiger partial charge in [-0.05, 0) is 23.5 Å². The molecule has 0 aromatic carbocycles. The van der Waals surface area contributed by atoms with Crippen LogP contribution < -0.4 is 0 Å². The summed E-state index contributed by atoms with van der Waals surface area (Å²) >= 11 is 0. The Morgan fingerprint density at radius 3 is 2.40 bits per heavy atom. The molecule has 15 heavy (non-hydrogen) atoms. The molecule has 1 rings (SSSR count). The summed E-state index contributed by atoms with van der Waals surface area (Å²) < 4.78 is 0. The molecule has 0 bridgehead atoms. The Bertz CT molecular complexity index is 298. The highest BCUT2D eigenvalue weighted by molar-refractivity contribution is 6.18. The molecule has 0 fully saturated rings. The van der Waals surface area contributed by atoms with E-state index in [4.69, 9.17) is 0 Å². The third-order valence-corrected chi connectivity index (χ3v) is 3.61. The molecule has 1 heterocycles. The molecular weight excluding hydrogens is 181 g/mol. The van der Waals surface area contributed by atoms with Gasteiger partial charge in [0.1, 0.15) is 7.85 Å². The minimum absolute atomic E-state index is 0.171. The van der Waals surface area contributed by atoms with Crippen molar-refractivity contribution in [3.63, 3.8) is 0 Å². The zero-order valence-corrected chi connectivity index (χ0v) is 11.1. The summed E-state index contributed by atoms with van der Waals surface area (Å²) in [4.78, 5) is 2.33. The van der Waals surface area contributed by atoms with Crippen LogP contribution in [0.2, 0.25) is 0 Å². The number of hydrogen-bond acceptors (Lipinski definition) is 1. The number of hydrogen-bond donors (Lipinski definition) is 0. The Morgan fingerprint density at radius 1 is 1.47 bits per heavy atom. The second kappa shape index (κ2) is 3.73. The first-order valence-electron chi connectivity index (χ1n) is 5.89. The minimum atomic E-state index is 0.171. The Morgan fingerprint density at radius 2 is 2.00 bits per heavy atom. The van der Waals surface area contributed by atoms with E-state index in [0.29, 0.717) is 0 Å². The first-order valence-corrected chi connectivity index (χ1v) is 5.89. The molecular formula is C13H24BN. The van der Waals surface area contributed by atoms with E-state index in [1.807, 2.05) is 0 Å². The standard InChI is InChI=1S/C13H24BN/c1-7-8-13(14)11(12(3,4)5)9-10(2)15(13)6/h9H,2,7-8,14H2,1,3-6H3. The molecule has 0 amide bonds. The lowest BCUT2D eigenvalue weighted by molar-refractivity contribution is 0.271. The molecule has 0 aromatic heterocycles. The first kappa shape index (κ1) is 12.4. The molecule has 84 valence electrons. The van der Waals surface area contributed by atoms with Crippen LogP contribution in [0.3, 0.4) is 0 Å². The Labute approximate surface area is 95.6 Å². The molecule has 0 saturated heterocycles. The quantitative estimate of drug-likeness (QED) is 0.626. The van der Waals surface area contributed by atoms with Gasteiger partial charge in [0.15, 0.2) is 0 Å². The van der Waals surface area contributed by atoms with Crippen molar-refractivity contribution in [3.8, 4) is 0 Å². The molecule has 0 N–H and O–H groups in total. The normalized spacial score (nSPS) is 27.1. The fraction of sp³-hybridized carbons (Fsp3) is 0.692. The van der Waals surface area contributed by atoms with Crippen LogP contribution in [0.15, 0.2) is 23.9 Å². The maximum absolute atomic E-state index is 4.13. The van der Waals surface area contributed by atoms with Crippen LogP contribution in [0.5, 0.6) is 0 Å². The van der Waals surface area contributed by atoms with Crippen molar-refractivity contribution in [1.29, 1.82) is 0 Å². The topological polar surface area (TPSA) is 3.24 Å². The molecule has 0 aliphatic carbocycles. The highest BCUT2D eigenvalue weighted by atomic mass is 15.2. The fourth-order valence-corrected chi connectivity index (χ4v) is 2.73. The molecule has 1 aliphatic rings. The summed E-state index contributed by atoms with van der Waals surface area (Å²) in [5, 5.41) is 0. The largest absolute Gasteiger partial charge is 0.373 e. The van der Waals surface area contributed by atoms with Crippen molar-refractivity contribution in [2.75, 3.05) is 7.05 Å². The van der Waals surface area contributed by atoms with Gasteiger partial charge in [-0.1, -0.05) is 40.7 Å². The molecule has 0 aromatic rings. The van der Waals surface area contributed by atoms with E-state index in [0.717, 1.165) is 5.70 Å². The van der Waals surface area contributed by atoms with Gasteiger partial charge in [0.2, 0.25) is 0 Å². The van der Waals surface area contributed by atoms with Crippen LogP contribution >= 0.6 is 0 Å². The summed E-state index contributed by atoms with van der Waals surface area (Å²) in [5.41, 5.74) is 3.07. The van der Waals surface area contributed by atoms with Crippen LogP contribution in [0.1, 0.15) is 40.5 Å². The average molecular weight is 205 g/mol. The third kappa shape index (κ3) is 1.99. The SMILES string of the molecule is BC1(CCC)C(C(C)(C)C)=CC(=C)N1C. The van der Waals surface area contributed by atoms with Gasteiger partial charge >= 0.3 is 0 Å². The number of likely N-dealkylation sites (N-methyl/N-ethyl adjacent to an activating group) is 1. The van der Waals surface area contributed by atoms with Gasteiger partial charge in [-0.2, -0.15) is 0 Å². The van der Waals surface area contributed by atoms with Gasteiger partial charge in [-0.25, -0.2) is 0 Å². The van der Waals surface area contributed by atoms with Crippen molar-refractivity contribution < 1.29 is 0 Å². The van der Waals surface area contributed by atoms with Crippen molar-refractivity contribution in [3.05, 3.63) is 23.9 Å². The van der Waals surface area contributed by atoms with Gasteiger partial charge in [-0.15, -0.1) is 0 Å². The first-order chi connectivity index (χ1) is 6.73. The van der Waals surface area contributed by atoms with Crippen LogP contribution in [0, 0.1) is 5.41 Å². The van der Waals surface area contributed by atoms with Gasteiger partial charge in [0.05, 0.1) is 0 Å². The fourth-order valence-electron chi connectivity index (χ4n) is 2.73. The molecule has 1 aliphatic heterocycles. The number of nitrogens with zero attached hydrogens (tertiary/aromatic N) is 1. The Balaban J connectivity index is 3.13. The predicted octanol–water partition coefficient (Wildman–Crippen LogP) is 2.55. The lowest BCUT2D eigenvalue weighted by Crippen LogP contribution is -2.46. The van der Waals surface area contributed by atoms with Crippen molar-refractivity contribution in [1.82, 2.24) is 4.90 Å². The highest BCUT2D eigenvalue weighted by Crippen LogP contribution is 2.44. The van der Waals surface area contributed by atoms with Crippen LogP contribution in [-0.4, -0.2) is 25.2 Å². The van der Waals surface area contributed by atoms with E-state index in [1.165, 1.54) is 18.4 Å². The summed E-state index contributed by atoms with van der Waals surface area (Å²) in [6.07, 6.45) is 4.68. The van der Waals surface area contributed by atoms with Crippen LogP contribution in [0.25, 0.3) is 0 Å². The van der Waals surface area contributed by atoms with E-state index >= 15 is 0 Å². The number of rotatable bonds is 2. The molecule has 1 unspecified atom stereocenters. The predicted molar refractivity (Wildman–Crippen MR) is 70.6 cm³/mol. The number of allylic oxidation sites excluding steroid dienone is 1. The van der Waals surface area contributed by atoms with Crippen molar-refractivity contribution in [2.24, 2.45) is 5.41 Å². The maximum Gasteiger partial charge on any atom is 0.140 e. The molecule has 2 heteroatoms. The van der Waals surface area contributed by atoms with Gasteiger partial charge in [-0.3, -0.25) is 0 Å². The lowest BCUT2D eigenvalue weighted by atomic mass is 9.62. The lowest BCUT2D eigenvalue weighted by Gasteiger charge is -2.42. The summed E-state index contributed by atoms with van der Waals surface area (Å²) in [7, 11) is 4.50. The Kier molecular flexibility index (Phi) is 3.09. The molecule has 0 saturated carbocycles. The molecule has 0 spiro atoms. The van der Waals surface area contributed by atoms with Crippen LogP contribution in [-0.2, 0) is 0 Å². The third-order valence-electron chi connectivity index (χ3n) is 3.61. The second-order valence-electron chi connectivity index (χ2n) is 5.88. The van der Waals surface area contributed by atoms with Gasteiger partial charge < -0.3 is 4.90 Å². The van der Waals surface area contributed by atoms with E-state index in [-0.39, 0.29) is 10.9 Å². The van der Waals surface area contributed by atoms with Gasteiger partial charge in [0.25, 0.3) is 0 Å². The van der Waals surface area contributed by atoms with Gasteiger partial charge in [0, 0.05) is 18.2 Å². The summed E-state index contributed by atoms with van der Waals surface area (Å²) in [6.45, 7) is 13.2. The van der Waals surface area contributed by atoms with Crippen LogP contribution in [0.4, 0.5) is 0 Å². The summed E-state index contributed by atoms with van der Waals surface area (Å²) in [6, 6.07) is 0. The molecule has 1 atom stereocenters. The zero-order chi connectivity index (χ0) is 11.9. The van der Waals surface area contributed by atoms with Crippen molar-refractivity contribution >= 4 is 7.85 Å². The zero-order valence-electron chi connectivity index (χ0n) is 11.1. The van der Waals surface area contributed by atoms with E-state index in [1.54, 1.807) is 0 Å². The molecule has 0 radical (unpaired) electrons. The smallest absolute Gasteiger partial charge is 0.140 e. The minimum Gasteiger partial charge on any atom is -0.373 e. The monoisotopic (exact) mass is 205 g/mol. The molecule has 1 nitrogen and oxygen atoms in total. The van der Waals surface area contributed by atoms with E-state index < -0.39 is 0 Å². The Hall–Kier alpha value is -0.655. The van der Waals surface area contributed by atoms with Crippen molar-refractivity contribution in [2.45, 2.75) is 46.0 Å². The highest BCUT2D eigenvalue weighted by Gasteiger charge is 2.42. The second-order valence-corrected chi connectivity index (χ2v) is 5.88. The van der Waals surface area contributed by atoms with E-state index in [9.17, 15) is 0 Å². The van der Waals surface area contributed by atoms with E-state index in [2.05, 4.69) is 60.1 Å². The summed E-state index contributed by atoms with van der Waals surface area (Å²) in [5.74, 6) is 0. The maximum atomic E-state index is 4.13.